The molecule has 11 heteroatoms. The lowest BCUT2D eigenvalue weighted by Crippen LogP contribution is -2.59. The summed E-state index contributed by atoms with van der Waals surface area (Å²) in [5.41, 5.74) is 1.22. The number of carbonyl (C=O) groups is 2. The molecule has 3 atom stereocenters. The third kappa shape index (κ3) is 11.8. The van der Waals surface area contributed by atoms with E-state index in [-0.39, 0.29) is 42.8 Å². The van der Waals surface area contributed by atoms with Crippen molar-refractivity contribution in [3.05, 3.63) is 96.1 Å². The maximum atomic E-state index is 13.9. The Kier molecular flexibility index (Phi) is 14.0. The van der Waals surface area contributed by atoms with E-state index in [0.717, 1.165) is 11.1 Å². The Hall–Kier alpha value is -3.77. The summed E-state index contributed by atoms with van der Waals surface area (Å²) in [5, 5.41) is 20.6. The van der Waals surface area contributed by atoms with Crippen molar-refractivity contribution >= 4 is 21.8 Å². The van der Waals surface area contributed by atoms with Crippen LogP contribution in [0, 0.1) is 11.3 Å². The number of aliphatic hydroxyl groups excluding tert-OH is 1. The Morgan fingerprint density at radius 3 is 1.96 bits per heavy atom. The summed E-state index contributed by atoms with van der Waals surface area (Å²) in [4.78, 5) is 26.9. The van der Waals surface area contributed by atoms with Crippen molar-refractivity contribution in [2.75, 3.05) is 26.7 Å². The van der Waals surface area contributed by atoms with Crippen molar-refractivity contribution in [2.24, 2.45) is 11.3 Å². The lowest BCUT2D eigenvalue weighted by atomic mass is 9.85. The molecule has 47 heavy (non-hydrogen) atoms. The number of methoxy groups -OCH3 is 1. The first-order chi connectivity index (χ1) is 22.2. The molecule has 0 radical (unpaired) electrons. The highest BCUT2D eigenvalue weighted by Gasteiger charge is 2.36. The summed E-state index contributed by atoms with van der Waals surface area (Å²) in [6.07, 6.45) is -1.02. The molecule has 3 rings (SSSR count). The minimum Gasteiger partial charge on any atom is -0.497 e. The third-order valence-corrected chi connectivity index (χ3v) is 9.48. The molecular formula is C36H50N4O6S. The average molecular weight is 667 g/mol. The number of benzene rings is 3. The van der Waals surface area contributed by atoms with Crippen LogP contribution in [0.4, 0.5) is 0 Å². The van der Waals surface area contributed by atoms with Gasteiger partial charge in [-0.05, 0) is 53.1 Å². The van der Waals surface area contributed by atoms with Crippen molar-refractivity contribution in [1.82, 2.24) is 20.3 Å². The summed E-state index contributed by atoms with van der Waals surface area (Å²) in [5.74, 6) is -0.321. The van der Waals surface area contributed by atoms with E-state index in [2.05, 4.69) is 16.0 Å². The van der Waals surface area contributed by atoms with Crippen molar-refractivity contribution < 1.29 is 27.9 Å². The standard InChI is InChI=1S/C36H50N4O6S/c1-26(2)24-40(47(44,45)30-19-17-29(46-6)18-20-30)25-32(41)31(21-27-13-9-7-10-14-27)38-35(43)34(36(3,4)5)39-33(42)23-37-22-28-15-11-8-12-16-28/h7-20,26,31-32,34,37,41H,21-25H2,1-6H3,(H,38,43)(H,39,42)/t31-,32?,34+/m0/s1. The zero-order chi connectivity index (χ0) is 34.6. The van der Waals surface area contributed by atoms with Crippen LogP contribution >= 0.6 is 0 Å². The molecular weight excluding hydrogens is 616 g/mol. The number of amides is 2. The van der Waals surface area contributed by atoms with Gasteiger partial charge in [-0.15, -0.1) is 0 Å². The van der Waals surface area contributed by atoms with Crippen LogP contribution in [-0.4, -0.2) is 74.6 Å². The SMILES string of the molecule is COc1ccc(S(=O)(=O)N(CC(C)C)CC(O)[C@H](Cc2ccccc2)NC(=O)[C@@H](NC(=O)CNCc2ccccc2)C(C)(C)C)cc1. The van der Waals surface area contributed by atoms with Crippen LogP contribution in [0.25, 0.3) is 0 Å². The van der Waals surface area contributed by atoms with Crippen LogP contribution in [-0.2, 0) is 32.6 Å². The summed E-state index contributed by atoms with van der Waals surface area (Å²) in [7, 11) is -2.49. The fourth-order valence-corrected chi connectivity index (χ4v) is 6.75. The normalized spacial score (nSPS) is 14.0. The van der Waals surface area contributed by atoms with Gasteiger partial charge in [-0.1, -0.05) is 95.3 Å². The molecule has 0 heterocycles. The molecule has 0 saturated carbocycles. The maximum absolute atomic E-state index is 13.9. The number of aliphatic hydroxyl groups is 1. The van der Waals surface area contributed by atoms with Crippen molar-refractivity contribution in [2.45, 2.75) is 70.7 Å². The van der Waals surface area contributed by atoms with Gasteiger partial charge in [-0.3, -0.25) is 9.59 Å². The second kappa shape index (κ2) is 17.4. The maximum Gasteiger partial charge on any atom is 0.243 e. The van der Waals surface area contributed by atoms with Gasteiger partial charge >= 0.3 is 0 Å². The molecule has 1 unspecified atom stereocenters. The highest BCUT2D eigenvalue weighted by Crippen LogP contribution is 2.23. The molecule has 256 valence electrons. The lowest BCUT2D eigenvalue weighted by molar-refractivity contribution is -0.132. The van der Waals surface area contributed by atoms with E-state index < -0.39 is 39.5 Å². The fraction of sp³-hybridized carbons (Fsp3) is 0.444. The number of ether oxygens (including phenoxy) is 1. The fourth-order valence-electron chi connectivity index (χ4n) is 5.13. The summed E-state index contributed by atoms with van der Waals surface area (Å²) in [6.45, 7) is 9.77. The lowest BCUT2D eigenvalue weighted by Gasteiger charge is -2.34. The molecule has 0 aliphatic rings. The molecule has 0 aliphatic heterocycles. The highest BCUT2D eigenvalue weighted by molar-refractivity contribution is 7.89. The van der Waals surface area contributed by atoms with E-state index in [4.69, 9.17) is 4.74 Å². The Labute approximate surface area is 280 Å². The predicted molar refractivity (Wildman–Crippen MR) is 184 cm³/mol. The molecule has 2 amide bonds. The smallest absolute Gasteiger partial charge is 0.243 e. The molecule has 3 aromatic rings. The molecule has 0 spiro atoms. The van der Waals surface area contributed by atoms with Crippen LogP contribution in [0.15, 0.2) is 89.8 Å². The monoisotopic (exact) mass is 666 g/mol. The summed E-state index contributed by atoms with van der Waals surface area (Å²) in [6, 6.07) is 23.4. The van der Waals surface area contributed by atoms with Gasteiger partial charge in [-0.2, -0.15) is 4.31 Å². The van der Waals surface area contributed by atoms with Crippen molar-refractivity contribution in [1.29, 1.82) is 0 Å². The number of carbonyl (C=O) groups excluding carboxylic acids is 2. The highest BCUT2D eigenvalue weighted by atomic mass is 32.2. The van der Waals surface area contributed by atoms with Crippen LogP contribution < -0.4 is 20.7 Å². The van der Waals surface area contributed by atoms with Crippen LogP contribution in [0.2, 0.25) is 0 Å². The van der Waals surface area contributed by atoms with E-state index >= 15 is 0 Å². The van der Waals surface area contributed by atoms with Crippen molar-refractivity contribution in [3.8, 4) is 5.75 Å². The number of rotatable bonds is 17. The van der Waals surface area contributed by atoms with Crippen LogP contribution in [0.3, 0.4) is 0 Å². The number of hydrogen-bond donors (Lipinski definition) is 4. The third-order valence-electron chi connectivity index (χ3n) is 7.64. The molecule has 10 nitrogen and oxygen atoms in total. The van der Waals surface area contributed by atoms with E-state index in [1.807, 2.05) is 95.3 Å². The van der Waals surface area contributed by atoms with Crippen LogP contribution in [0.1, 0.15) is 45.7 Å². The molecule has 4 N–H and O–H groups in total. The van der Waals surface area contributed by atoms with Gasteiger partial charge < -0.3 is 25.8 Å². The molecule has 0 saturated heterocycles. The molecule has 0 bridgehead atoms. The van der Waals surface area contributed by atoms with Crippen molar-refractivity contribution in [3.63, 3.8) is 0 Å². The van der Waals surface area contributed by atoms with Gasteiger partial charge in [0.2, 0.25) is 21.8 Å². The van der Waals surface area contributed by atoms with Gasteiger partial charge in [-0.25, -0.2) is 8.42 Å². The van der Waals surface area contributed by atoms with Gasteiger partial charge in [0.15, 0.2) is 0 Å². The number of nitrogens with zero attached hydrogens (tertiary/aromatic N) is 1. The minimum absolute atomic E-state index is 0.0121. The Morgan fingerprint density at radius 2 is 1.43 bits per heavy atom. The van der Waals surface area contributed by atoms with E-state index in [1.165, 1.54) is 23.5 Å². The molecule has 0 fully saturated rings. The quantitative estimate of drug-likeness (QED) is 0.172. The second-order valence-electron chi connectivity index (χ2n) is 13.2. The first-order valence-electron chi connectivity index (χ1n) is 15.9. The first kappa shape index (κ1) is 37.7. The predicted octanol–water partition coefficient (Wildman–Crippen LogP) is 3.75. The van der Waals surface area contributed by atoms with Gasteiger partial charge in [0.25, 0.3) is 0 Å². The van der Waals surface area contributed by atoms with E-state index in [0.29, 0.717) is 12.3 Å². The van der Waals surface area contributed by atoms with E-state index in [9.17, 15) is 23.1 Å². The average Bonchev–Trinajstić information content (AvgIpc) is 3.03. The number of nitrogens with one attached hydrogen (secondary N) is 3. The zero-order valence-electron chi connectivity index (χ0n) is 28.3. The Balaban J connectivity index is 1.81. The molecule has 3 aromatic carbocycles. The van der Waals surface area contributed by atoms with Gasteiger partial charge in [0.05, 0.1) is 30.7 Å². The Morgan fingerprint density at radius 1 is 0.851 bits per heavy atom. The molecule has 0 aromatic heterocycles. The van der Waals surface area contributed by atoms with E-state index in [1.54, 1.807) is 12.1 Å². The summed E-state index contributed by atoms with van der Waals surface area (Å²) < 4.78 is 34.0. The largest absolute Gasteiger partial charge is 0.497 e. The summed E-state index contributed by atoms with van der Waals surface area (Å²) >= 11 is 0. The number of sulfonamides is 1. The second-order valence-corrected chi connectivity index (χ2v) is 15.2. The molecule has 0 aliphatic carbocycles. The van der Waals surface area contributed by atoms with Gasteiger partial charge in [0, 0.05) is 19.6 Å². The minimum atomic E-state index is -3.99. The van der Waals surface area contributed by atoms with Crippen LogP contribution in [0.5, 0.6) is 5.75 Å². The number of hydrogen-bond acceptors (Lipinski definition) is 7. The zero-order valence-corrected chi connectivity index (χ0v) is 29.1. The first-order valence-corrected chi connectivity index (χ1v) is 17.3. The Bertz CT molecular complexity index is 1510. The topological polar surface area (TPSA) is 137 Å². The van der Waals surface area contributed by atoms with Gasteiger partial charge in [0.1, 0.15) is 11.8 Å².